The highest BCUT2D eigenvalue weighted by Gasteiger charge is 2.43. The zero-order chi connectivity index (χ0) is 25.3. The maximum absolute atomic E-state index is 14.6. The quantitative estimate of drug-likeness (QED) is 0.356. The van der Waals surface area contributed by atoms with Crippen LogP contribution in [0.1, 0.15) is 40.5 Å². The number of nitrogens with one attached hydrogen (secondary N) is 4. The second-order valence-electron chi connectivity index (χ2n) is 9.61. The molecule has 0 radical (unpaired) electrons. The van der Waals surface area contributed by atoms with Crippen LogP contribution < -0.4 is 21.0 Å². The normalized spacial score (nSPS) is 17.6. The molecule has 0 saturated carbocycles. The Hall–Kier alpha value is -3.41. The Morgan fingerprint density at radius 1 is 1.21 bits per heavy atom. The van der Waals surface area contributed by atoms with Gasteiger partial charge in [0.05, 0.1) is 11.9 Å². The molecule has 2 heterocycles. The van der Waals surface area contributed by atoms with Gasteiger partial charge in [-0.3, -0.25) is 4.90 Å². The number of aromatic nitrogens is 2. The number of urea groups is 1. The largest absolute Gasteiger partial charge is 0.365 e. The van der Waals surface area contributed by atoms with Gasteiger partial charge in [0.1, 0.15) is 5.82 Å². The van der Waals surface area contributed by atoms with Crippen LogP contribution in [0.5, 0.6) is 0 Å². The van der Waals surface area contributed by atoms with Gasteiger partial charge >= 0.3 is 6.03 Å². The highest BCUT2D eigenvalue weighted by Crippen LogP contribution is 2.38. The summed E-state index contributed by atoms with van der Waals surface area (Å²) in [6.07, 6.45) is 2.62. The van der Waals surface area contributed by atoms with E-state index in [-0.39, 0.29) is 40.3 Å². The van der Waals surface area contributed by atoms with Crippen LogP contribution in [0, 0.1) is 17.2 Å². The van der Waals surface area contributed by atoms with Crippen molar-refractivity contribution in [1.82, 2.24) is 20.2 Å². The third-order valence-corrected chi connectivity index (χ3v) is 6.28. The molecule has 0 aliphatic carbocycles. The highest BCUT2D eigenvalue weighted by atomic mass is 19.1. The summed E-state index contributed by atoms with van der Waals surface area (Å²) < 4.78 is 28.8. The van der Waals surface area contributed by atoms with Crippen LogP contribution in [0.25, 0.3) is 0 Å². The van der Waals surface area contributed by atoms with E-state index in [0.29, 0.717) is 5.01 Å². The van der Waals surface area contributed by atoms with Gasteiger partial charge in [-0.15, -0.1) is 0 Å². The van der Waals surface area contributed by atoms with Gasteiger partial charge in [-0.2, -0.15) is 15.5 Å². The van der Waals surface area contributed by atoms with Crippen molar-refractivity contribution in [2.24, 2.45) is 5.22 Å². The number of likely N-dealkylation sites (tertiary alicyclic amines) is 1. The van der Waals surface area contributed by atoms with Crippen LogP contribution in [0.3, 0.4) is 0 Å². The number of nitrogens with zero attached hydrogens (tertiary/aromatic N) is 5. The number of benzene rings is 1. The van der Waals surface area contributed by atoms with Gasteiger partial charge < -0.3 is 16.0 Å². The van der Waals surface area contributed by atoms with Crippen molar-refractivity contribution >= 4 is 29.2 Å². The first-order valence-corrected chi connectivity index (χ1v) is 10.9. The van der Waals surface area contributed by atoms with E-state index in [2.05, 4.69) is 70.8 Å². The Morgan fingerprint density at radius 3 is 2.44 bits per heavy atom. The maximum Gasteiger partial charge on any atom is 0.343 e. The Morgan fingerprint density at radius 2 is 1.85 bits per heavy atom. The van der Waals surface area contributed by atoms with Crippen LogP contribution in [0.15, 0.2) is 29.6 Å². The number of hydrogen-bond donors (Lipinski definition) is 4. The van der Waals surface area contributed by atoms with E-state index < -0.39 is 17.7 Å². The fraction of sp³-hybridized carbons (Fsp3) is 0.500. The van der Waals surface area contributed by atoms with Gasteiger partial charge in [0.2, 0.25) is 5.95 Å². The highest BCUT2D eigenvalue weighted by molar-refractivity contribution is 5.91. The minimum Gasteiger partial charge on any atom is -0.365 e. The van der Waals surface area contributed by atoms with E-state index in [0.717, 1.165) is 31.2 Å². The number of carbonyl (C=O) groups is 1. The smallest absolute Gasteiger partial charge is 0.343 e. The SMILES string of the molecule is CNC(=O)N(N=N)c1cc(F)cc(Nc2ncc(F)c(NC3CC(C)(C)N(C)C(C)(C)C3)n2)c1. The Kier molecular flexibility index (Phi) is 7.01. The summed E-state index contributed by atoms with van der Waals surface area (Å²) in [4.78, 5) is 22.4. The molecule has 1 aromatic carbocycles. The molecule has 0 atom stereocenters. The van der Waals surface area contributed by atoms with Gasteiger partial charge in [-0.1, -0.05) is 5.22 Å². The molecule has 184 valence electrons. The van der Waals surface area contributed by atoms with Crippen molar-refractivity contribution in [3.05, 3.63) is 36.0 Å². The monoisotopic (exact) mass is 475 g/mol. The van der Waals surface area contributed by atoms with Gasteiger partial charge in [0.15, 0.2) is 11.6 Å². The van der Waals surface area contributed by atoms with Crippen LogP contribution in [0.2, 0.25) is 0 Å². The van der Waals surface area contributed by atoms with E-state index in [4.69, 9.17) is 5.53 Å². The molecule has 1 aliphatic heterocycles. The average molecular weight is 476 g/mol. The minimum atomic E-state index is -0.708. The van der Waals surface area contributed by atoms with Crippen molar-refractivity contribution in [2.45, 2.75) is 57.7 Å². The minimum absolute atomic E-state index is 0.0148. The van der Waals surface area contributed by atoms with Gasteiger partial charge in [-0.05, 0) is 65.8 Å². The van der Waals surface area contributed by atoms with E-state index in [1.54, 1.807) is 0 Å². The summed E-state index contributed by atoms with van der Waals surface area (Å²) in [5.41, 5.74) is 7.24. The molecule has 12 heteroatoms. The zero-order valence-corrected chi connectivity index (χ0v) is 20.2. The Labute approximate surface area is 197 Å². The van der Waals surface area contributed by atoms with Crippen molar-refractivity contribution in [2.75, 3.05) is 29.7 Å². The lowest BCUT2D eigenvalue weighted by atomic mass is 9.77. The summed E-state index contributed by atoms with van der Waals surface area (Å²) in [6.45, 7) is 8.61. The van der Waals surface area contributed by atoms with Crippen LogP contribution >= 0.6 is 0 Å². The van der Waals surface area contributed by atoms with Gasteiger partial charge in [0, 0.05) is 29.9 Å². The standard InChI is InChI=1S/C22H31F2N9O/c1-21(2)10-15(11-22(3,4)32(21)6)28-18-17(24)12-27-19(30-18)29-14-7-13(23)8-16(9-14)33(31-25)20(34)26-5/h7-9,12,15,25H,10-11H2,1-6H3,(H,26,34)(H2,27,28,29,30). The zero-order valence-electron chi connectivity index (χ0n) is 20.2. The Bertz CT molecular complexity index is 1060. The average Bonchev–Trinajstić information content (AvgIpc) is 2.74. The number of carbonyl (C=O) groups excluding carboxylic acids is 1. The Balaban J connectivity index is 1.84. The number of hydrogen-bond acceptors (Lipinski definition) is 8. The summed E-state index contributed by atoms with van der Waals surface area (Å²) in [5.74, 6) is -1.18. The molecule has 10 nitrogen and oxygen atoms in total. The molecule has 3 rings (SSSR count). The first kappa shape index (κ1) is 25.2. The summed E-state index contributed by atoms with van der Waals surface area (Å²) >= 11 is 0. The number of amides is 2. The van der Waals surface area contributed by atoms with Crippen molar-refractivity contribution in [1.29, 1.82) is 5.53 Å². The summed E-state index contributed by atoms with van der Waals surface area (Å²) in [5, 5.41) is 12.2. The fourth-order valence-electron chi connectivity index (χ4n) is 4.42. The molecule has 0 unspecified atom stereocenters. The summed E-state index contributed by atoms with van der Waals surface area (Å²) in [6, 6.07) is 2.90. The molecule has 1 fully saturated rings. The second kappa shape index (κ2) is 9.45. The molecule has 34 heavy (non-hydrogen) atoms. The van der Waals surface area contributed by atoms with Crippen LogP contribution in [-0.2, 0) is 0 Å². The van der Waals surface area contributed by atoms with Crippen molar-refractivity contribution in [3.8, 4) is 0 Å². The molecule has 0 bridgehead atoms. The first-order valence-electron chi connectivity index (χ1n) is 10.9. The second-order valence-corrected chi connectivity index (χ2v) is 9.61. The first-order chi connectivity index (χ1) is 15.9. The van der Waals surface area contributed by atoms with Crippen molar-refractivity contribution < 1.29 is 13.6 Å². The molecular formula is C22H31F2N9O. The molecule has 0 spiro atoms. The van der Waals surface area contributed by atoms with E-state index in [1.807, 2.05) is 0 Å². The van der Waals surface area contributed by atoms with Crippen molar-refractivity contribution in [3.63, 3.8) is 0 Å². The molecule has 1 aromatic heterocycles. The van der Waals surface area contributed by atoms with Gasteiger partial charge in [0.25, 0.3) is 0 Å². The molecule has 1 saturated heterocycles. The molecular weight excluding hydrogens is 444 g/mol. The number of piperidine rings is 1. The third-order valence-electron chi connectivity index (χ3n) is 6.28. The van der Waals surface area contributed by atoms with E-state index >= 15 is 0 Å². The van der Waals surface area contributed by atoms with Crippen LogP contribution in [0.4, 0.5) is 36.7 Å². The lowest BCUT2D eigenvalue weighted by molar-refractivity contribution is -0.00778. The molecule has 4 N–H and O–H groups in total. The number of rotatable bonds is 6. The molecule has 2 aromatic rings. The molecule has 1 aliphatic rings. The summed E-state index contributed by atoms with van der Waals surface area (Å²) in [7, 11) is 3.46. The van der Waals surface area contributed by atoms with E-state index in [1.165, 1.54) is 13.1 Å². The lowest BCUT2D eigenvalue weighted by Gasteiger charge is -2.53. The maximum atomic E-state index is 14.6. The number of halogens is 2. The third kappa shape index (κ3) is 5.38. The predicted octanol–water partition coefficient (Wildman–Crippen LogP) is 4.65. The molecule has 2 amide bonds. The van der Waals surface area contributed by atoms with E-state index in [9.17, 15) is 13.6 Å². The van der Waals surface area contributed by atoms with Crippen LogP contribution in [-0.4, -0.2) is 52.1 Å². The fourth-order valence-corrected chi connectivity index (χ4v) is 4.42. The lowest BCUT2D eigenvalue weighted by Crippen LogP contribution is -2.61. The number of anilines is 4. The van der Waals surface area contributed by atoms with Gasteiger partial charge in [-0.25, -0.2) is 18.6 Å². The topological polar surface area (TPSA) is 122 Å². The predicted molar refractivity (Wildman–Crippen MR) is 126 cm³/mol.